The van der Waals surface area contributed by atoms with Gasteiger partial charge in [-0.25, -0.2) is 14.4 Å². The molecule has 0 aliphatic rings. The molecule has 6 nitrogen and oxygen atoms in total. The third-order valence-corrected chi connectivity index (χ3v) is 1.37. The molecule has 0 saturated carbocycles. The van der Waals surface area contributed by atoms with E-state index in [-0.39, 0.29) is 6.42 Å². The molecule has 0 aromatic rings. The van der Waals surface area contributed by atoms with Crippen LogP contribution in [0.5, 0.6) is 0 Å². The first-order valence-corrected chi connectivity index (χ1v) is 10.7. The fraction of sp³-hybridized carbons (Fsp3) is 0.500. The number of aliphatic carboxylic acids is 1. The number of thiol groups is 1. The van der Waals surface area contributed by atoms with Gasteiger partial charge in [-0.3, -0.25) is 0 Å². The molecular formula is C6H9Cl3NO5RhS. The van der Waals surface area contributed by atoms with Gasteiger partial charge in [-0.2, -0.15) is 12.6 Å². The average molecular weight is 416 g/mol. The van der Waals surface area contributed by atoms with Gasteiger partial charge < -0.3 is 15.6 Å². The first kappa shape index (κ1) is 19.7. The number of carboxylic acids is 1. The normalized spacial score (nSPS) is 11.7. The van der Waals surface area contributed by atoms with Gasteiger partial charge in [-0.15, -0.1) is 0 Å². The van der Waals surface area contributed by atoms with Crippen LogP contribution < -0.4 is 5.73 Å². The van der Waals surface area contributed by atoms with Crippen LogP contribution in [0.2, 0.25) is 0 Å². The third kappa shape index (κ3) is 14.4. The predicted octanol–water partition coefficient (Wildman–Crippen LogP) is 0.854. The third-order valence-electron chi connectivity index (χ3n) is 1.11. The second-order valence-corrected chi connectivity index (χ2v) is 10.2. The number of esters is 2. The zero-order valence-corrected chi connectivity index (χ0v) is 12.9. The molecule has 17 heavy (non-hydrogen) atoms. The van der Waals surface area contributed by atoms with Crippen LogP contribution in [-0.2, 0) is 32.1 Å². The maximum atomic E-state index is 10.8. The monoisotopic (exact) mass is 415 g/mol. The van der Waals surface area contributed by atoms with E-state index in [1.807, 2.05) is 0 Å². The van der Waals surface area contributed by atoms with E-state index in [4.69, 9.17) is 39.9 Å². The zero-order chi connectivity index (χ0) is 14.0. The van der Waals surface area contributed by atoms with Crippen LogP contribution in [0.4, 0.5) is 0 Å². The quantitative estimate of drug-likeness (QED) is 0.207. The van der Waals surface area contributed by atoms with Crippen molar-refractivity contribution in [1.29, 1.82) is 0 Å². The molecule has 0 aromatic heterocycles. The number of nitrogens with two attached hydrogens (primary N) is 1. The molecule has 0 spiro atoms. The van der Waals surface area contributed by atoms with Crippen molar-refractivity contribution >= 4 is 59.6 Å². The molecule has 1 atom stereocenters. The average Bonchev–Trinajstić information content (AvgIpc) is 2.16. The number of hydrogen-bond donors (Lipinski definition) is 3. The summed E-state index contributed by atoms with van der Waals surface area (Å²) in [4.78, 5) is 31.1. The Bertz CT molecular complexity index is 278. The van der Waals surface area contributed by atoms with Crippen molar-refractivity contribution in [3.05, 3.63) is 0 Å². The first-order valence-electron chi connectivity index (χ1n) is 3.72. The van der Waals surface area contributed by atoms with Crippen LogP contribution in [0.25, 0.3) is 0 Å². The standard InChI is InChI=1S/C6H9NO5S.3ClH.Rh/c7-3(1-2-13)5(10)12-6(11)4(8)9;;;;/h3,13H,1-2,7H2,(H,8,9);3*1H;/q;;;;+3/p-3/t3-;;;;/m1..../s1. The van der Waals surface area contributed by atoms with E-state index in [2.05, 4.69) is 17.4 Å². The van der Waals surface area contributed by atoms with Crippen LogP contribution in [-0.4, -0.2) is 34.8 Å². The molecule has 0 aromatic carbocycles. The second kappa shape index (κ2) is 11.5. The summed E-state index contributed by atoms with van der Waals surface area (Å²) in [6, 6.07) is -1.01. The van der Waals surface area contributed by atoms with E-state index in [1.165, 1.54) is 0 Å². The van der Waals surface area contributed by atoms with Crippen molar-refractivity contribution in [2.45, 2.75) is 12.5 Å². The predicted molar refractivity (Wildman–Crippen MR) is 62.7 cm³/mol. The van der Waals surface area contributed by atoms with Gasteiger partial charge in [0.2, 0.25) is 0 Å². The summed E-state index contributed by atoms with van der Waals surface area (Å²) >= 11 is 2.14. The van der Waals surface area contributed by atoms with E-state index in [1.54, 1.807) is 0 Å². The van der Waals surface area contributed by atoms with Crippen LogP contribution in [0, 0.1) is 0 Å². The van der Waals surface area contributed by atoms with Crippen molar-refractivity contribution in [1.82, 2.24) is 0 Å². The molecule has 0 heterocycles. The Hall–Kier alpha value is 0.413. The summed E-state index contributed by atoms with van der Waals surface area (Å²) in [5.74, 6) is -4.16. The van der Waals surface area contributed by atoms with Crippen LogP contribution >= 0.6 is 41.7 Å². The van der Waals surface area contributed by atoms with Crippen molar-refractivity contribution in [3.8, 4) is 0 Å². The summed E-state index contributed by atoms with van der Waals surface area (Å²) < 4.78 is 3.89. The molecule has 0 aliphatic carbocycles. The minimum atomic E-state index is -1.83. The van der Waals surface area contributed by atoms with Crippen molar-refractivity contribution in [2.24, 2.45) is 5.73 Å². The van der Waals surface area contributed by atoms with Crippen molar-refractivity contribution in [3.63, 3.8) is 0 Å². The van der Waals surface area contributed by atoms with Gasteiger partial charge in [0.25, 0.3) is 0 Å². The van der Waals surface area contributed by atoms with E-state index in [9.17, 15) is 14.4 Å². The number of carboxylic acid groups (broad SMARTS) is 1. The van der Waals surface area contributed by atoms with Crippen molar-refractivity contribution < 1.29 is 37.2 Å². The molecule has 0 bridgehead atoms. The maximum absolute atomic E-state index is 10.8. The number of hydrogen-bond acceptors (Lipinski definition) is 6. The van der Waals surface area contributed by atoms with Crippen molar-refractivity contribution in [2.75, 3.05) is 5.75 Å². The van der Waals surface area contributed by atoms with Gasteiger partial charge in [-0.1, -0.05) is 0 Å². The molecular weight excluding hydrogens is 407 g/mol. The number of carbonyl (C=O) groups is 3. The van der Waals surface area contributed by atoms with Gasteiger partial charge in [0.15, 0.2) is 0 Å². The van der Waals surface area contributed by atoms with Gasteiger partial charge in [0, 0.05) is 0 Å². The molecule has 0 rings (SSSR count). The van der Waals surface area contributed by atoms with Gasteiger partial charge in [0.05, 0.1) is 0 Å². The topological polar surface area (TPSA) is 107 Å². The van der Waals surface area contributed by atoms with E-state index < -0.39 is 36.9 Å². The fourth-order valence-electron chi connectivity index (χ4n) is 0.468. The number of carbonyl (C=O) groups excluding carboxylic acids is 2. The van der Waals surface area contributed by atoms with Gasteiger partial charge in [-0.05, 0) is 12.2 Å². The molecule has 11 heteroatoms. The van der Waals surface area contributed by atoms with Gasteiger partial charge in [0.1, 0.15) is 6.04 Å². The Morgan fingerprint density at radius 3 is 2.06 bits per heavy atom. The summed E-state index contributed by atoms with van der Waals surface area (Å²) in [5.41, 5.74) is 5.21. The minimum absolute atomic E-state index is 0.217. The Morgan fingerprint density at radius 1 is 1.35 bits per heavy atom. The Morgan fingerprint density at radius 2 is 1.76 bits per heavy atom. The van der Waals surface area contributed by atoms with Crippen LogP contribution in [0.3, 0.4) is 0 Å². The summed E-state index contributed by atoms with van der Waals surface area (Å²) in [6.07, 6.45) is 0.217. The van der Waals surface area contributed by atoms with Gasteiger partial charge >= 0.3 is 60.0 Å². The summed E-state index contributed by atoms with van der Waals surface area (Å²) in [5, 5.41) is 8.06. The molecule has 0 fully saturated rings. The summed E-state index contributed by atoms with van der Waals surface area (Å²) in [7, 11) is 14.8. The first-order chi connectivity index (χ1) is 7.72. The molecule has 0 saturated heterocycles. The number of rotatable bonds is 3. The molecule has 0 aliphatic heterocycles. The number of ether oxygens (including phenoxy) is 1. The van der Waals surface area contributed by atoms with E-state index in [0.29, 0.717) is 5.75 Å². The Labute approximate surface area is 120 Å². The summed E-state index contributed by atoms with van der Waals surface area (Å²) in [6.45, 7) is 0. The van der Waals surface area contributed by atoms with Crippen LogP contribution in [0.1, 0.15) is 6.42 Å². The zero-order valence-electron chi connectivity index (χ0n) is 8.06. The molecule has 0 amide bonds. The molecule has 0 radical (unpaired) electrons. The Kier molecular flexibility index (Phi) is 13.4. The molecule has 0 unspecified atom stereocenters. The van der Waals surface area contributed by atoms with E-state index >= 15 is 0 Å². The van der Waals surface area contributed by atoms with Crippen LogP contribution in [0.15, 0.2) is 0 Å². The second-order valence-electron chi connectivity index (χ2n) is 2.28. The number of halogens is 3. The SMILES string of the molecule is N[C@H](CCS)C(=O)OC(=O)C(=O)O.[Cl][Rh]([Cl])[Cl]. The molecule has 3 N–H and O–H groups in total. The fourth-order valence-corrected chi connectivity index (χ4v) is 0.746. The molecule has 104 valence electrons. The van der Waals surface area contributed by atoms with E-state index in [0.717, 1.165) is 0 Å². The Balaban J connectivity index is 0.